The summed E-state index contributed by atoms with van der Waals surface area (Å²) < 4.78 is 0. The number of hydrogen-bond donors (Lipinski definition) is 0. The van der Waals surface area contributed by atoms with Gasteiger partial charge < -0.3 is 14.7 Å². The number of likely N-dealkylation sites (tertiary alicyclic amines) is 1. The van der Waals surface area contributed by atoms with Gasteiger partial charge in [0.2, 0.25) is 0 Å². The smallest absolute Gasteiger partial charge is 0.292 e. The number of hydrogen-bond acceptors (Lipinski definition) is 7. The average molecular weight is 425 g/mol. The Hall–Kier alpha value is -3.69. The first-order valence-corrected chi connectivity index (χ1v) is 10.3. The van der Waals surface area contributed by atoms with Crippen LogP contribution in [0.5, 0.6) is 0 Å². The number of piperazine rings is 1. The molecule has 0 unspecified atom stereocenters. The van der Waals surface area contributed by atoms with E-state index in [0.29, 0.717) is 45.0 Å². The highest BCUT2D eigenvalue weighted by Gasteiger charge is 2.29. The molecule has 0 atom stereocenters. The van der Waals surface area contributed by atoms with Gasteiger partial charge >= 0.3 is 0 Å². The molecule has 2 fully saturated rings. The highest BCUT2D eigenvalue weighted by atomic mass is 16.6. The molecule has 31 heavy (non-hydrogen) atoms. The van der Waals surface area contributed by atoms with E-state index in [9.17, 15) is 25.0 Å². The number of rotatable bonds is 5. The molecule has 10 nitrogen and oxygen atoms in total. The van der Waals surface area contributed by atoms with Gasteiger partial charge in [-0.25, -0.2) is 0 Å². The fourth-order valence-corrected chi connectivity index (χ4v) is 4.23. The molecule has 2 aliphatic rings. The molecular weight excluding hydrogens is 402 g/mol. The molecular formula is C21H23N5O5. The minimum Gasteiger partial charge on any atom is -0.368 e. The Bertz CT molecular complexity index is 1010. The molecule has 10 heteroatoms. The third-order valence-corrected chi connectivity index (χ3v) is 5.86. The number of nitrogens with zero attached hydrogens (tertiary/aromatic N) is 5. The standard InChI is InChI=1S/C21H23N5O5/c27-21(24-9-3-4-10-24)17-15-16(7-8-18(17)25(28)29)22-11-13-23(14-12-22)19-5-1-2-6-20(19)26(30)31/h1-2,5-8,15H,3-4,9-14H2. The van der Waals surface area contributed by atoms with Gasteiger partial charge in [-0.1, -0.05) is 12.1 Å². The summed E-state index contributed by atoms with van der Waals surface area (Å²) in [5.41, 5.74) is 1.34. The first kappa shape index (κ1) is 20.6. The molecule has 0 aromatic heterocycles. The van der Waals surface area contributed by atoms with E-state index < -0.39 is 4.92 Å². The van der Waals surface area contributed by atoms with Crippen LogP contribution in [0.25, 0.3) is 0 Å². The third kappa shape index (κ3) is 4.14. The predicted octanol–water partition coefficient (Wildman–Crippen LogP) is 3.07. The van der Waals surface area contributed by atoms with E-state index in [0.717, 1.165) is 18.5 Å². The number of carbonyl (C=O) groups is 1. The van der Waals surface area contributed by atoms with Gasteiger partial charge in [0.25, 0.3) is 17.3 Å². The molecule has 2 aromatic carbocycles. The second-order valence-corrected chi connectivity index (χ2v) is 7.68. The first-order valence-electron chi connectivity index (χ1n) is 10.3. The van der Waals surface area contributed by atoms with Crippen molar-refractivity contribution in [3.63, 3.8) is 0 Å². The Balaban J connectivity index is 1.53. The van der Waals surface area contributed by atoms with Crippen molar-refractivity contribution >= 4 is 28.7 Å². The van der Waals surface area contributed by atoms with Crippen molar-refractivity contribution in [2.75, 3.05) is 49.1 Å². The van der Waals surface area contributed by atoms with Crippen molar-refractivity contribution in [3.05, 3.63) is 68.3 Å². The van der Waals surface area contributed by atoms with Crippen molar-refractivity contribution in [2.45, 2.75) is 12.8 Å². The van der Waals surface area contributed by atoms with Gasteiger partial charge in [0.1, 0.15) is 11.3 Å². The molecule has 0 spiro atoms. The van der Waals surface area contributed by atoms with E-state index in [-0.39, 0.29) is 27.8 Å². The molecule has 0 radical (unpaired) electrons. The minimum atomic E-state index is -0.514. The van der Waals surface area contributed by atoms with Crippen LogP contribution in [0.15, 0.2) is 42.5 Å². The number of carbonyl (C=O) groups excluding carboxylic acids is 1. The van der Waals surface area contributed by atoms with Gasteiger partial charge in [-0.2, -0.15) is 0 Å². The van der Waals surface area contributed by atoms with Crippen LogP contribution >= 0.6 is 0 Å². The number of anilines is 2. The quantitative estimate of drug-likeness (QED) is 0.534. The van der Waals surface area contributed by atoms with Crippen LogP contribution in [0.4, 0.5) is 22.7 Å². The van der Waals surface area contributed by atoms with Crippen molar-refractivity contribution in [3.8, 4) is 0 Å². The second-order valence-electron chi connectivity index (χ2n) is 7.68. The Morgan fingerprint density at radius 2 is 1.39 bits per heavy atom. The number of para-hydroxylation sites is 2. The van der Waals surface area contributed by atoms with E-state index in [1.165, 1.54) is 12.1 Å². The van der Waals surface area contributed by atoms with Gasteiger partial charge in [-0.3, -0.25) is 25.0 Å². The summed E-state index contributed by atoms with van der Waals surface area (Å²) in [6, 6.07) is 11.3. The van der Waals surface area contributed by atoms with Crippen molar-refractivity contribution in [1.82, 2.24) is 4.90 Å². The largest absolute Gasteiger partial charge is 0.368 e. The normalized spacial score (nSPS) is 16.5. The maximum Gasteiger partial charge on any atom is 0.292 e. The number of nitro groups is 2. The Morgan fingerprint density at radius 1 is 0.774 bits per heavy atom. The van der Waals surface area contributed by atoms with Gasteiger partial charge in [-0.05, 0) is 31.0 Å². The minimum absolute atomic E-state index is 0.0739. The van der Waals surface area contributed by atoms with Gasteiger partial charge in [0.15, 0.2) is 0 Å². The van der Waals surface area contributed by atoms with Crippen LogP contribution in [0.3, 0.4) is 0 Å². The Morgan fingerprint density at radius 3 is 2.03 bits per heavy atom. The molecule has 0 N–H and O–H groups in total. The molecule has 2 aromatic rings. The molecule has 2 saturated heterocycles. The van der Waals surface area contributed by atoms with E-state index in [4.69, 9.17) is 0 Å². The fourth-order valence-electron chi connectivity index (χ4n) is 4.23. The van der Waals surface area contributed by atoms with Crippen molar-refractivity contribution < 1.29 is 14.6 Å². The summed E-state index contributed by atoms with van der Waals surface area (Å²) in [6.45, 7) is 3.54. The summed E-state index contributed by atoms with van der Waals surface area (Å²) >= 11 is 0. The van der Waals surface area contributed by atoms with Crippen LogP contribution in [0.1, 0.15) is 23.2 Å². The maximum absolute atomic E-state index is 12.9. The lowest BCUT2D eigenvalue weighted by atomic mass is 10.1. The lowest BCUT2D eigenvalue weighted by Crippen LogP contribution is -2.46. The lowest BCUT2D eigenvalue weighted by molar-refractivity contribution is -0.385. The highest BCUT2D eigenvalue weighted by Crippen LogP contribution is 2.31. The van der Waals surface area contributed by atoms with E-state index >= 15 is 0 Å². The maximum atomic E-state index is 12.9. The number of nitro benzene ring substituents is 2. The van der Waals surface area contributed by atoms with E-state index in [1.54, 1.807) is 35.2 Å². The van der Waals surface area contributed by atoms with E-state index in [1.807, 2.05) is 4.90 Å². The summed E-state index contributed by atoms with van der Waals surface area (Å²) in [6.07, 6.45) is 1.82. The number of benzene rings is 2. The lowest BCUT2D eigenvalue weighted by Gasteiger charge is -2.37. The molecule has 0 aliphatic carbocycles. The zero-order valence-corrected chi connectivity index (χ0v) is 17.0. The topological polar surface area (TPSA) is 113 Å². The van der Waals surface area contributed by atoms with Crippen molar-refractivity contribution in [1.29, 1.82) is 0 Å². The summed E-state index contributed by atoms with van der Waals surface area (Å²) in [4.78, 5) is 40.5. The SMILES string of the molecule is O=C(c1cc(N2CCN(c3ccccc3[N+](=O)[O-])CC2)ccc1[N+](=O)[O-])N1CCCC1. The van der Waals surface area contributed by atoms with Crippen LogP contribution in [0, 0.1) is 20.2 Å². The van der Waals surface area contributed by atoms with Crippen LogP contribution < -0.4 is 9.80 Å². The zero-order chi connectivity index (χ0) is 22.0. The molecule has 2 aliphatic heterocycles. The van der Waals surface area contributed by atoms with Crippen LogP contribution in [0.2, 0.25) is 0 Å². The first-order chi connectivity index (χ1) is 15.0. The summed E-state index contributed by atoms with van der Waals surface area (Å²) in [7, 11) is 0. The molecule has 0 saturated carbocycles. The van der Waals surface area contributed by atoms with Crippen molar-refractivity contribution in [2.24, 2.45) is 0 Å². The monoisotopic (exact) mass is 425 g/mol. The van der Waals surface area contributed by atoms with Gasteiger partial charge in [0, 0.05) is 57.1 Å². The molecule has 2 heterocycles. The predicted molar refractivity (Wildman–Crippen MR) is 116 cm³/mol. The molecule has 0 bridgehead atoms. The molecule has 4 rings (SSSR count). The van der Waals surface area contributed by atoms with Gasteiger partial charge in [0.05, 0.1) is 9.85 Å². The second kappa shape index (κ2) is 8.58. The van der Waals surface area contributed by atoms with Crippen LogP contribution in [-0.2, 0) is 0 Å². The van der Waals surface area contributed by atoms with Crippen LogP contribution in [-0.4, -0.2) is 59.9 Å². The highest BCUT2D eigenvalue weighted by molar-refractivity contribution is 5.99. The zero-order valence-electron chi connectivity index (χ0n) is 17.0. The Labute approximate surface area is 179 Å². The van der Waals surface area contributed by atoms with E-state index in [2.05, 4.69) is 4.90 Å². The summed E-state index contributed by atoms with van der Waals surface area (Å²) in [5, 5.41) is 22.8. The summed E-state index contributed by atoms with van der Waals surface area (Å²) in [5.74, 6) is -0.301. The molecule has 162 valence electrons. The fraction of sp³-hybridized carbons (Fsp3) is 0.381. The molecule has 1 amide bonds. The number of amides is 1. The Kier molecular flexibility index (Phi) is 5.70. The van der Waals surface area contributed by atoms with Gasteiger partial charge in [-0.15, -0.1) is 0 Å². The third-order valence-electron chi connectivity index (χ3n) is 5.86. The average Bonchev–Trinajstić information content (AvgIpc) is 3.33.